The summed E-state index contributed by atoms with van der Waals surface area (Å²) in [7, 11) is 0. The van der Waals surface area contributed by atoms with Crippen LogP contribution in [0.2, 0.25) is 10.0 Å². The maximum atomic E-state index is 12.9. The molecular weight excluding hydrogens is 459 g/mol. The van der Waals surface area contributed by atoms with Crippen molar-refractivity contribution < 1.29 is 9.59 Å². The summed E-state index contributed by atoms with van der Waals surface area (Å²) in [5.41, 5.74) is 1.86. The Kier molecular flexibility index (Phi) is 9.41. The van der Waals surface area contributed by atoms with Gasteiger partial charge < -0.3 is 15.1 Å². The van der Waals surface area contributed by atoms with Crippen LogP contribution in [-0.4, -0.2) is 65.4 Å². The van der Waals surface area contributed by atoms with Crippen molar-refractivity contribution >= 4 is 40.8 Å². The standard InChI is InChI=1S/C25H32Cl2N4O2/c1-3-19(2)31(25(33)28-21-9-10-22(26)23(27)17-21)12-11-24(32)30-15-13-29(14-16-30)18-20-7-5-4-6-8-20/h4-10,17,19H,3,11-16,18H2,1-2H3,(H,28,33). The number of benzene rings is 2. The number of halogens is 2. The van der Waals surface area contributed by atoms with Crippen molar-refractivity contribution in [2.45, 2.75) is 39.3 Å². The van der Waals surface area contributed by atoms with Crippen molar-refractivity contribution in [1.82, 2.24) is 14.7 Å². The van der Waals surface area contributed by atoms with Gasteiger partial charge in [0, 0.05) is 57.4 Å². The highest BCUT2D eigenvalue weighted by molar-refractivity contribution is 6.42. The molecule has 1 N–H and O–H groups in total. The smallest absolute Gasteiger partial charge is 0.322 e. The van der Waals surface area contributed by atoms with Crippen LogP contribution in [0.5, 0.6) is 0 Å². The van der Waals surface area contributed by atoms with Gasteiger partial charge in [0.25, 0.3) is 0 Å². The SMILES string of the molecule is CCC(C)N(CCC(=O)N1CCN(Cc2ccccc2)CC1)C(=O)Nc1ccc(Cl)c(Cl)c1. The highest BCUT2D eigenvalue weighted by Crippen LogP contribution is 2.25. The zero-order chi connectivity index (χ0) is 23.8. The van der Waals surface area contributed by atoms with Crippen molar-refractivity contribution in [2.24, 2.45) is 0 Å². The van der Waals surface area contributed by atoms with Gasteiger partial charge in [-0.3, -0.25) is 9.69 Å². The molecule has 1 saturated heterocycles. The van der Waals surface area contributed by atoms with Crippen LogP contribution < -0.4 is 5.32 Å². The lowest BCUT2D eigenvalue weighted by atomic mass is 10.2. The van der Waals surface area contributed by atoms with Gasteiger partial charge in [-0.05, 0) is 37.1 Å². The molecular formula is C25H32Cl2N4O2. The van der Waals surface area contributed by atoms with Gasteiger partial charge >= 0.3 is 6.03 Å². The maximum Gasteiger partial charge on any atom is 0.322 e. The Labute approximate surface area is 206 Å². The second-order valence-electron chi connectivity index (χ2n) is 8.40. The number of hydrogen-bond acceptors (Lipinski definition) is 3. The third kappa shape index (κ3) is 7.36. The van der Waals surface area contributed by atoms with E-state index in [1.165, 1.54) is 5.56 Å². The van der Waals surface area contributed by atoms with Crippen LogP contribution in [0.1, 0.15) is 32.3 Å². The van der Waals surface area contributed by atoms with Crippen LogP contribution >= 0.6 is 23.2 Å². The number of carbonyl (C=O) groups excluding carboxylic acids is 2. The number of hydrogen-bond donors (Lipinski definition) is 1. The van der Waals surface area contributed by atoms with E-state index in [1.807, 2.05) is 24.8 Å². The molecule has 1 aliphatic heterocycles. The molecule has 0 aromatic heterocycles. The summed E-state index contributed by atoms with van der Waals surface area (Å²) in [6.45, 7) is 8.42. The Morgan fingerprint density at radius 1 is 1.03 bits per heavy atom. The molecule has 1 aliphatic rings. The van der Waals surface area contributed by atoms with Gasteiger partial charge in [-0.1, -0.05) is 60.5 Å². The van der Waals surface area contributed by atoms with E-state index in [0.717, 1.165) is 26.1 Å². The highest BCUT2D eigenvalue weighted by Gasteiger charge is 2.24. The average Bonchev–Trinajstić information content (AvgIpc) is 2.82. The lowest BCUT2D eigenvalue weighted by molar-refractivity contribution is -0.133. The Hall–Kier alpha value is -2.28. The van der Waals surface area contributed by atoms with E-state index in [2.05, 4.69) is 34.5 Å². The lowest BCUT2D eigenvalue weighted by Gasteiger charge is -2.35. The summed E-state index contributed by atoms with van der Waals surface area (Å²) >= 11 is 12.0. The number of anilines is 1. The quantitative estimate of drug-likeness (QED) is 0.541. The molecule has 1 unspecified atom stereocenters. The van der Waals surface area contributed by atoms with Crippen LogP contribution in [-0.2, 0) is 11.3 Å². The summed E-state index contributed by atoms with van der Waals surface area (Å²) in [6, 6.07) is 15.1. The molecule has 178 valence electrons. The van der Waals surface area contributed by atoms with Crippen molar-refractivity contribution in [1.29, 1.82) is 0 Å². The molecule has 1 fully saturated rings. The summed E-state index contributed by atoms with van der Waals surface area (Å²) in [4.78, 5) is 31.8. The van der Waals surface area contributed by atoms with Crippen LogP contribution in [0.4, 0.5) is 10.5 Å². The predicted molar refractivity (Wildman–Crippen MR) is 135 cm³/mol. The van der Waals surface area contributed by atoms with Gasteiger partial charge in [0.1, 0.15) is 0 Å². The summed E-state index contributed by atoms with van der Waals surface area (Å²) in [5.74, 6) is 0.0880. The molecule has 6 nitrogen and oxygen atoms in total. The molecule has 0 spiro atoms. The first kappa shape index (κ1) is 25.3. The zero-order valence-electron chi connectivity index (χ0n) is 19.3. The second-order valence-corrected chi connectivity index (χ2v) is 9.22. The normalized spacial score (nSPS) is 15.2. The van der Waals surface area contributed by atoms with Crippen molar-refractivity contribution in [2.75, 3.05) is 38.0 Å². The molecule has 0 radical (unpaired) electrons. The highest BCUT2D eigenvalue weighted by atomic mass is 35.5. The lowest BCUT2D eigenvalue weighted by Crippen LogP contribution is -2.49. The number of carbonyl (C=O) groups is 2. The molecule has 2 aromatic carbocycles. The fourth-order valence-electron chi connectivity index (χ4n) is 3.88. The molecule has 8 heteroatoms. The van der Waals surface area contributed by atoms with Gasteiger partial charge in [0.05, 0.1) is 10.0 Å². The molecule has 0 saturated carbocycles. The number of rotatable bonds is 8. The minimum atomic E-state index is -0.247. The Bertz CT molecular complexity index is 933. The van der Waals surface area contributed by atoms with Gasteiger partial charge in [0.2, 0.25) is 5.91 Å². The van der Waals surface area contributed by atoms with Gasteiger partial charge in [-0.15, -0.1) is 0 Å². The zero-order valence-corrected chi connectivity index (χ0v) is 20.8. The number of amides is 3. The summed E-state index contributed by atoms with van der Waals surface area (Å²) in [6.07, 6.45) is 1.10. The van der Waals surface area contributed by atoms with E-state index in [9.17, 15) is 9.59 Å². The molecule has 3 rings (SSSR count). The van der Waals surface area contributed by atoms with E-state index in [-0.39, 0.29) is 18.0 Å². The Morgan fingerprint density at radius 3 is 2.36 bits per heavy atom. The molecule has 33 heavy (non-hydrogen) atoms. The summed E-state index contributed by atoms with van der Waals surface area (Å²) < 4.78 is 0. The van der Waals surface area contributed by atoms with Crippen LogP contribution in [0.25, 0.3) is 0 Å². The van der Waals surface area contributed by atoms with Gasteiger partial charge in [-0.2, -0.15) is 0 Å². The van der Waals surface area contributed by atoms with Crippen LogP contribution in [0, 0.1) is 0 Å². The van der Waals surface area contributed by atoms with Crippen LogP contribution in [0.15, 0.2) is 48.5 Å². The largest absolute Gasteiger partial charge is 0.340 e. The number of piperazine rings is 1. The number of nitrogens with zero attached hydrogens (tertiary/aromatic N) is 3. The molecule has 0 bridgehead atoms. The fraction of sp³-hybridized carbons (Fsp3) is 0.440. The Morgan fingerprint density at radius 2 is 1.73 bits per heavy atom. The van der Waals surface area contributed by atoms with E-state index in [1.54, 1.807) is 23.1 Å². The van der Waals surface area contributed by atoms with E-state index in [0.29, 0.717) is 41.8 Å². The predicted octanol–water partition coefficient (Wildman–Crippen LogP) is 5.36. The monoisotopic (exact) mass is 490 g/mol. The fourth-order valence-corrected chi connectivity index (χ4v) is 4.18. The molecule has 3 amide bonds. The number of nitrogens with one attached hydrogen (secondary N) is 1. The second kappa shape index (κ2) is 12.3. The summed E-state index contributed by atoms with van der Waals surface area (Å²) in [5, 5.41) is 3.68. The minimum absolute atomic E-state index is 0.00305. The molecule has 1 heterocycles. The molecule has 1 atom stereocenters. The maximum absolute atomic E-state index is 12.9. The third-order valence-electron chi connectivity index (χ3n) is 6.10. The van der Waals surface area contributed by atoms with Gasteiger partial charge in [-0.25, -0.2) is 4.79 Å². The number of urea groups is 1. The van der Waals surface area contributed by atoms with Crippen LogP contribution in [0.3, 0.4) is 0 Å². The van der Waals surface area contributed by atoms with Crippen molar-refractivity contribution in [3.05, 3.63) is 64.1 Å². The van der Waals surface area contributed by atoms with Crippen molar-refractivity contribution in [3.8, 4) is 0 Å². The first-order chi connectivity index (χ1) is 15.9. The van der Waals surface area contributed by atoms with Crippen molar-refractivity contribution in [3.63, 3.8) is 0 Å². The molecule has 0 aliphatic carbocycles. The third-order valence-corrected chi connectivity index (χ3v) is 6.83. The first-order valence-corrected chi connectivity index (χ1v) is 12.2. The average molecular weight is 491 g/mol. The first-order valence-electron chi connectivity index (χ1n) is 11.4. The Balaban J connectivity index is 1.50. The topological polar surface area (TPSA) is 55.9 Å². The minimum Gasteiger partial charge on any atom is -0.340 e. The van der Waals surface area contributed by atoms with Gasteiger partial charge in [0.15, 0.2) is 0 Å². The van der Waals surface area contributed by atoms with E-state index >= 15 is 0 Å². The van der Waals surface area contributed by atoms with E-state index in [4.69, 9.17) is 23.2 Å². The van der Waals surface area contributed by atoms with E-state index < -0.39 is 0 Å². The molecule has 2 aromatic rings.